The average molecular weight is 443 g/mol. The molecule has 1 aromatic carbocycles. The maximum absolute atomic E-state index is 12.8. The Morgan fingerprint density at radius 2 is 1.83 bits per heavy atom. The Morgan fingerprint density at radius 3 is 2.41 bits per heavy atom. The zero-order valence-electron chi connectivity index (χ0n) is 16.9. The van der Waals surface area contributed by atoms with E-state index in [1.807, 2.05) is 18.7 Å². The third-order valence-electron chi connectivity index (χ3n) is 5.27. The van der Waals surface area contributed by atoms with E-state index < -0.39 is 21.6 Å². The fraction of sp³-hybridized carbons (Fsp3) is 0.579. The van der Waals surface area contributed by atoms with Gasteiger partial charge in [-0.25, -0.2) is 18.1 Å². The molecule has 2 aliphatic rings. The van der Waals surface area contributed by atoms with Gasteiger partial charge in [0.15, 0.2) is 0 Å². The van der Waals surface area contributed by atoms with Crippen molar-refractivity contribution < 1.29 is 18.0 Å². The predicted molar refractivity (Wildman–Crippen MR) is 110 cm³/mol. The van der Waals surface area contributed by atoms with Crippen LogP contribution in [0.4, 0.5) is 4.79 Å². The fourth-order valence-corrected chi connectivity index (χ4v) is 5.64. The number of imide groups is 1. The summed E-state index contributed by atoms with van der Waals surface area (Å²) >= 11 is 5.92. The van der Waals surface area contributed by atoms with E-state index in [2.05, 4.69) is 5.32 Å². The lowest BCUT2D eigenvalue weighted by atomic mass is 9.91. The number of nitrogens with one attached hydrogen (secondary N) is 1. The van der Waals surface area contributed by atoms with Gasteiger partial charge in [-0.2, -0.15) is 4.31 Å². The molecule has 1 aromatic rings. The number of piperazine rings is 1. The molecule has 10 heteroatoms. The highest BCUT2D eigenvalue weighted by atomic mass is 35.5. The van der Waals surface area contributed by atoms with Crippen LogP contribution in [-0.2, 0) is 14.8 Å². The second-order valence-corrected chi connectivity index (χ2v) is 10.6. The second kappa shape index (κ2) is 8.22. The van der Waals surface area contributed by atoms with Gasteiger partial charge in [0.1, 0.15) is 5.54 Å². The molecule has 0 aromatic heterocycles. The lowest BCUT2D eigenvalue weighted by molar-refractivity contribution is -0.133. The molecule has 0 radical (unpaired) electrons. The Kier molecular flexibility index (Phi) is 6.24. The number of nitrogens with zero attached hydrogens (tertiary/aromatic N) is 3. The van der Waals surface area contributed by atoms with E-state index in [-0.39, 0.29) is 36.5 Å². The van der Waals surface area contributed by atoms with Gasteiger partial charge in [-0.05, 0) is 37.5 Å². The lowest BCUT2D eigenvalue weighted by Gasteiger charge is -2.35. The minimum Gasteiger partial charge on any atom is -0.323 e. The summed E-state index contributed by atoms with van der Waals surface area (Å²) in [5.41, 5.74) is -0.886. The van der Waals surface area contributed by atoms with Crippen LogP contribution in [0.25, 0.3) is 0 Å². The van der Waals surface area contributed by atoms with Crippen molar-refractivity contribution in [3.05, 3.63) is 29.3 Å². The van der Waals surface area contributed by atoms with Crippen molar-refractivity contribution in [3.8, 4) is 0 Å². The molecule has 0 saturated carbocycles. The van der Waals surface area contributed by atoms with Crippen molar-refractivity contribution >= 4 is 33.6 Å². The van der Waals surface area contributed by atoms with Crippen LogP contribution in [0.1, 0.15) is 27.2 Å². The molecule has 2 heterocycles. The molecule has 1 atom stereocenters. The first kappa shape index (κ1) is 22.0. The molecule has 2 fully saturated rings. The van der Waals surface area contributed by atoms with Gasteiger partial charge in [0.05, 0.1) is 11.6 Å². The molecule has 2 aliphatic heterocycles. The van der Waals surface area contributed by atoms with Crippen molar-refractivity contribution in [1.29, 1.82) is 0 Å². The molecule has 29 heavy (non-hydrogen) atoms. The SMILES string of the molecule is CC(C)CC1(C)NC(=O)N(CN2CCN(S(=O)(=O)c3cccc(Cl)c3)CC2)C1=O. The normalized spacial score (nSPS) is 24.4. The number of sulfonamides is 1. The number of hydrogen-bond donors (Lipinski definition) is 1. The number of hydrogen-bond acceptors (Lipinski definition) is 5. The van der Waals surface area contributed by atoms with Crippen LogP contribution in [0.15, 0.2) is 29.2 Å². The van der Waals surface area contributed by atoms with Gasteiger partial charge in [0, 0.05) is 31.2 Å². The van der Waals surface area contributed by atoms with Crippen LogP contribution < -0.4 is 5.32 Å². The van der Waals surface area contributed by atoms with Gasteiger partial charge < -0.3 is 5.32 Å². The van der Waals surface area contributed by atoms with E-state index in [4.69, 9.17) is 11.6 Å². The van der Waals surface area contributed by atoms with Crippen LogP contribution in [0.5, 0.6) is 0 Å². The molecule has 1 N–H and O–H groups in total. The number of urea groups is 1. The Labute approximate surface area is 176 Å². The quantitative estimate of drug-likeness (QED) is 0.680. The van der Waals surface area contributed by atoms with Gasteiger partial charge >= 0.3 is 6.03 Å². The summed E-state index contributed by atoms with van der Waals surface area (Å²) in [5, 5.41) is 3.17. The fourth-order valence-electron chi connectivity index (χ4n) is 3.92. The van der Waals surface area contributed by atoms with Crippen molar-refractivity contribution in [3.63, 3.8) is 0 Å². The van der Waals surface area contributed by atoms with Gasteiger partial charge in [0.2, 0.25) is 10.0 Å². The van der Waals surface area contributed by atoms with E-state index >= 15 is 0 Å². The first-order chi connectivity index (χ1) is 13.5. The number of amides is 3. The van der Waals surface area contributed by atoms with Crippen molar-refractivity contribution in [2.24, 2.45) is 5.92 Å². The summed E-state index contributed by atoms with van der Waals surface area (Å²) in [6.45, 7) is 7.34. The van der Waals surface area contributed by atoms with E-state index in [1.165, 1.54) is 21.3 Å². The lowest BCUT2D eigenvalue weighted by Crippen LogP contribution is -2.53. The molecule has 8 nitrogen and oxygen atoms in total. The molecule has 0 aliphatic carbocycles. The summed E-state index contributed by atoms with van der Waals surface area (Å²) in [4.78, 5) is 28.4. The Bertz CT molecular complexity index is 899. The molecule has 3 amide bonds. The minimum atomic E-state index is -3.63. The van der Waals surface area contributed by atoms with Gasteiger partial charge in [0.25, 0.3) is 5.91 Å². The maximum atomic E-state index is 12.8. The molecule has 0 spiro atoms. The third-order valence-corrected chi connectivity index (χ3v) is 7.40. The predicted octanol–water partition coefficient (Wildman–Crippen LogP) is 1.96. The van der Waals surface area contributed by atoms with Crippen LogP contribution >= 0.6 is 11.6 Å². The first-order valence-electron chi connectivity index (χ1n) is 9.65. The van der Waals surface area contributed by atoms with Crippen molar-refractivity contribution in [2.45, 2.75) is 37.6 Å². The van der Waals surface area contributed by atoms with Crippen LogP contribution in [-0.4, -0.2) is 72.8 Å². The van der Waals surface area contributed by atoms with Crippen LogP contribution in [0, 0.1) is 5.92 Å². The van der Waals surface area contributed by atoms with E-state index in [0.717, 1.165) is 0 Å². The van der Waals surface area contributed by atoms with Gasteiger partial charge in [-0.1, -0.05) is 31.5 Å². The molecule has 0 bridgehead atoms. The monoisotopic (exact) mass is 442 g/mol. The summed E-state index contributed by atoms with van der Waals surface area (Å²) < 4.78 is 27.0. The molecule has 2 saturated heterocycles. The number of carbonyl (C=O) groups is 2. The highest BCUT2D eigenvalue weighted by molar-refractivity contribution is 7.89. The largest absolute Gasteiger partial charge is 0.326 e. The number of halogens is 1. The average Bonchev–Trinajstić information content (AvgIpc) is 2.84. The standard InChI is InChI=1S/C19H27ClN4O4S/c1-14(2)12-19(3)17(25)24(18(26)21-19)13-22-7-9-23(10-8-22)29(27,28)16-6-4-5-15(20)11-16/h4-6,11,14H,7-10,12-13H2,1-3H3,(H,21,26). The topological polar surface area (TPSA) is 90.0 Å². The summed E-state index contributed by atoms with van der Waals surface area (Å²) in [7, 11) is -3.63. The maximum Gasteiger partial charge on any atom is 0.326 e. The molecule has 1 unspecified atom stereocenters. The van der Waals surface area contributed by atoms with Crippen molar-refractivity contribution in [1.82, 2.24) is 19.4 Å². The number of benzene rings is 1. The van der Waals surface area contributed by atoms with Crippen LogP contribution in [0.2, 0.25) is 5.02 Å². The zero-order chi connectivity index (χ0) is 21.4. The zero-order valence-corrected chi connectivity index (χ0v) is 18.5. The molecular weight excluding hydrogens is 416 g/mol. The van der Waals surface area contributed by atoms with Gasteiger partial charge in [-0.3, -0.25) is 9.69 Å². The number of carbonyl (C=O) groups excluding carboxylic acids is 2. The Balaban J connectivity index is 1.62. The Hall–Kier alpha value is -1.68. The molecule has 160 valence electrons. The minimum absolute atomic E-state index is 0.156. The second-order valence-electron chi connectivity index (χ2n) is 8.21. The first-order valence-corrected chi connectivity index (χ1v) is 11.5. The Morgan fingerprint density at radius 1 is 1.17 bits per heavy atom. The molecule has 3 rings (SSSR count). The van der Waals surface area contributed by atoms with E-state index in [9.17, 15) is 18.0 Å². The van der Waals surface area contributed by atoms with Crippen LogP contribution in [0.3, 0.4) is 0 Å². The highest BCUT2D eigenvalue weighted by Gasteiger charge is 2.48. The number of rotatable bonds is 6. The third kappa shape index (κ3) is 4.58. The summed E-state index contributed by atoms with van der Waals surface area (Å²) in [6, 6.07) is 5.80. The smallest absolute Gasteiger partial charge is 0.323 e. The van der Waals surface area contributed by atoms with Crippen molar-refractivity contribution in [2.75, 3.05) is 32.8 Å². The molecular formula is C19H27ClN4O4S. The van der Waals surface area contributed by atoms with E-state index in [1.54, 1.807) is 19.1 Å². The summed E-state index contributed by atoms with van der Waals surface area (Å²) in [6.07, 6.45) is 0.569. The van der Waals surface area contributed by atoms with Gasteiger partial charge in [-0.15, -0.1) is 0 Å². The summed E-state index contributed by atoms with van der Waals surface area (Å²) in [5.74, 6) is 0.0367. The van der Waals surface area contributed by atoms with E-state index in [0.29, 0.717) is 24.5 Å². The highest BCUT2D eigenvalue weighted by Crippen LogP contribution is 2.26.